The number of carbonyl (C=O) groups excluding carboxylic acids is 1. The van der Waals surface area contributed by atoms with Crippen LogP contribution in [0.5, 0.6) is 5.88 Å². The van der Waals surface area contributed by atoms with E-state index < -0.39 is 0 Å². The zero-order chi connectivity index (χ0) is 26.6. The highest BCUT2D eigenvalue weighted by atomic mass is 16.5. The van der Waals surface area contributed by atoms with Gasteiger partial charge in [0.25, 0.3) is 0 Å². The fourth-order valence-corrected chi connectivity index (χ4v) is 5.29. The molecular weight excluding hydrogens is 494 g/mol. The Balaban J connectivity index is 0.968. The van der Waals surface area contributed by atoms with Gasteiger partial charge in [-0.05, 0) is 30.2 Å². The summed E-state index contributed by atoms with van der Waals surface area (Å²) < 4.78 is 19.6. The highest BCUT2D eigenvalue weighted by Crippen LogP contribution is 2.31. The summed E-state index contributed by atoms with van der Waals surface area (Å²) in [5, 5.41) is 5.53. The van der Waals surface area contributed by atoms with Crippen molar-refractivity contribution >= 4 is 27.7 Å². The molecule has 0 aliphatic carbocycles. The van der Waals surface area contributed by atoms with Gasteiger partial charge in [-0.1, -0.05) is 12.1 Å². The van der Waals surface area contributed by atoms with Crippen LogP contribution >= 0.6 is 0 Å². The Labute approximate surface area is 228 Å². The molecule has 39 heavy (non-hydrogen) atoms. The molecule has 0 spiro atoms. The van der Waals surface area contributed by atoms with E-state index in [9.17, 15) is 4.79 Å². The van der Waals surface area contributed by atoms with E-state index in [0.29, 0.717) is 38.3 Å². The van der Waals surface area contributed by atoms with Crippen molar-refractivity contribution in [3.05, 3.63) is 55.0 Å². The lowest BCUT2D eigenvalue weighted by atomic mass is 10.1. The average Bonchev–Trinajstić information content (AvgIpc) is 3.23. The molecule has 204 valence electrons. The van der Waals surface area contributed by atoms with E-state index in [1.807, 2.05) is 35.6 Å². The summed E-state index contributed by atoms with van der Waals surface area (Å²) in [4.78, 5) is 23.2. The molecule has 6 rings (SSSR count). The van der Waals surface area contributed by atoms with Gasteiger partial charge >= 0.3 is 0 Å². The number of nitrogens with one attached hydrogen (secondary N) is 1. The second-order valence-electron chi connectivity index (χ2n) is 10.3. The topological polar surface area (TPSA) is 90.7 Å². The standard InChI is InChI=1S/C30H35N5O4/c1-34-27-7-10-31-19-26(27)25-5-3-21(15-28(25)34)22-4-6-29(33-16-22)39-23-8-11-35(12-9-23)30(36)20-37-13-2-14-38-24-17-32-18-24/h3-7,10,15-16,19,23-24,32H,2,8-9,11-14,17-18,20H2,1H3. The first-order chi connectivity index (χ1) is 19.2. The van der Waals surface area contributed by atoms with Gasteiger partial charge in [0.2, 0.25) is 11.8 Å². The minimum absolute atomic E-state index is 0.0411. The molecule has 0 saturated carbocycles. The molecule has 0 radical (unpaired) electrons. The molecule has 0 unspecified atom stereocenters. The number of benzene rings is 1. The summed E-state index contributed by atoms with van der Waals surface area (Å²) in [5.74, 6) is 0.655. The maximum absolute atomic E-state index is 12.5. The van der Waals surface area contributed by atoms with Gasteiger partial charge in [0.05, 0.1) is 11.6 Å². The second kappa shape index (κ2) is 11.7. The molecule has 1 aromatic carbocycles. The Hall–Kier alpha value is -3.53. The normalized spacial score (nSPS) is 16.6. The van der Waals surface area contributed by atoms with Crippen molar-refractivity contribution in [2.75, 3.05) is 46.0 Å². The first-order valence-electron chi connectivity index (χ1n) is 13.8. The average molecular weight is 530 g/mol. The number of amides is 1. The number of fused-ring (bicyclic) bond motifs is 3. The highest BCUT2D eigenvalue weighted by molar-refractivity contribution is 6.08. The van der Waals surface area contributed by atoms with Crippen LogP contribution in [0, 0.1) is 0 Å². The smallest absolute Gasteiger partial charge is 0.248 e. The number of carbonyl (C=O) groups is 1. The number of likely N-dealkylation sites (tertiary alicyclic amines) is 1. The molecule has 9 nitrogen and oxygen atoms in total. The van der Waals surface area contributed by atoms with Gasteiger partial charge in [-0.25, -0.2) is 4.98 Å². The van der Waals surface area contributed by atoms with Crippen molar-refractivity contribution in [3.8, 4) is 17.0 Å². The molecule has 5 heterocycles. The maximum Gasteiger partial charge on any atom is 0.248 e. The van der Waals surface area contributed by atoms with Crippen LogP contribution in [0.15, 0.2) is 55.0 Å². The molecule has 1 N–H and O–H groups in total. The van der Waals surface area contributed by atoms with Crippen LogP contribution in [0.2, 0.25) is 0 Å². The largest absolute Gasteiger partial charge is 0.474 e. The number of hydrogen-bond donors (Lipinski definition) is 1. The van der Waals surface area contributed by atoms with Crippen LogP contribution in [0.1, 0.15) is 19.3 Å². The highest BCUT2D eigenvalue weighted by Gasteiger charge is 2.24. The molecule has 4 aromatic rings. The lowest BCUT2D eigenvalue weighted by molar-refractivity contribution is -0.138. The van der Waals surface area contributed by atoms with Gasteiger partial charge in [-0.3, -0.25) is 9.78 Å². The zero-order valence-corrected chi connectivity index (χ0v) is 22.3. The van der Waals surface area contributed by atoms with E-state index in [4.69, 9.17) is 14.2 Å². The maximum atomic E-state index is 12.5. The summed E-state index contributed by atoms with van der Waals surface area (Å²) >= 11 is 0. The van der Waals surface area contributed by atoms with Crippen LogP contribution in [-0.4, -0.2) is 83.5 Å². The van der Waals surface area contributed by atoms with E-state index in [0.717, 1.165) is 48.9 Å². The number of pyridine rings is 2. The molecule has 9 heteroatoms. The Morgan fingerprint density at radius 2 is 1.82 bits per heavy atom. The van der Waals surface area contributed by atoms with Gasteiger partial charge in [0, 0.05) is 106 Å². The fraction of sp³-hybridized carbons (Fsp3) is 0.433. The van der Waals surface area contributed by atoms with Crippen molar-refractivity contribution in [2.24, 2.45) is 7.05 Å². The van der Waals surface area contributed by atoms with Crippen LogP contribution in [0.4, 0.5) is 0 Å². The summed E-state index contributed by atoms with van der Waals surface area (Å²) in [6, 6.07) is 12.5. The van der Waals surface area contributed by atoms with Gasteiger partial charge in [-0.15, -0.1) is 0 Å². The molecular formula is C30H35N5O4. The van der Waals surface area contributed by atoms with Gasteiger partial charge in [-0.2, -0.15) is 0 Å². The third-order valence-electron chi connectivity index (χ3n) is 7.72. The molecule has 2 saturated heterocycles. The number of aryl methyl sites for hydroxylation is 1. The van der Waals surface area contributed by atoms with E-state index in [-0.39, 0.29) is 18.6 Å². The molecule has 0 bridgehead atoms. The Bertz CT molecular complexity index is 1420. The van der Waals surface area contributed by atoms with Gasteiger partial charge < -0.3 is 29.0 Å². The van der Waals surface area contributed by atoms with Crippen molar-refractivity contribution in [1.29, 1.82) is 0 Å². The lowest BCUT2D eigenvalue weighted by Gasteiger charge is -2.32. The number of rotatable bonds is 10. The number of ether oxygens (including phenoxy) is 3. The zero-order valence-electron chi connectivity index (χ0n) is 22.3. The van der Waals surface area contributed by atoms with Gasteiger partial charge in [0.1, 0.15) is 12.7 Å². The number of nitrogens with zero attached hydrogens (tertiary/aromatic N) is 4. The first-order valence-corrected chi connectivity index (χ1v) is 13.8. The third kappa shape index (κ3) is 5.75. The quantitative estimate of drug-likeness (QED) is 0.314. The van der Waals surface area contributed by atoms with E-state index >= 15 is 0 Å². The number of piperidine rings is 1. The molecule has 1 amide bonds. The number of hydrogen-bond acceptors (Lipinski definition) is 7. The lowest BCUT2D eigenvalue weighted by Crippen LogP contribution is -2.48. The Kier molecular flexibility index (Phi) is 7.71. The SMILES string of the molecule is Cn1c2ccncc2c2ccc(-c3ccc(OC4CCN(C(=O)COCCCOC5CNC5)CC4)nc3)cc21. The Morgan fingerprint density at radius 3 is 2.59 bits per heavy atom. The van der Waals surface area contributed by atoms with Crippen molar-refractivity contribution in [2.45, 2.75) is 31.5 Å². The van der Waals surface area contributed by atoms with E-state index in [1.165, 1.54) is 16.4 Å². The van der Waals surface area contributed by atoms with E-state index in [2.05, 4.69) is 51.2 Å². The summed E-state index contributed by atoms with van der Waals surface area (Å²) in [7, 11) is 2.08. The summed E-state index contributed by atoms with van der Waals surface area (Å²) in [6.45, 7) is 4.55. The van der Waals surface area contributed by atoms with Crippen molar-refractivity contribution in [1.82, 2.24) is 24.8 Å². The van der Waals surface area contributed by atoms with E-state index in [1.54, 1.807) is 0 Å². The van der Waals surface area contributed by atoms with Crippen LogP contribution in [-0.2, 0) is 21.3 Å². The molecule has 2 fully saturated rings. The molecule has 3 aromatic heterocycles. The fourth-order valence-electron chi connectivity index (χ4n) is 5.29. The van der Waals surface area contributed by atoms with Crippen molar-refractivity contribution < 1.29 is 19.0 Å². The third-order valence-corrected chi connectivity index (χ3v) is 7.72. The second-order valence-corrected chi connectivity index (χ2v) is 10.3. The minimum Gasteiger partial charge on any atom is -0.474 e. The predicted molar refractivity (Wildman–Crippen MR) is 150 cm³/mol. The molecule has 2 aliphatic rings. The number of aromatic nitrogens is 3. The van der Waals surface area contributed by atoms with Crippen molar-refractivity contribution in [3.63, 3.8) is 0 Å². The molecule has 0 atom stereocenters. The van der Waals surface area contributed by atoms with Gasteiger partial charge in [0.15, 0.2) is 0 Å². The predicted octanol–water partition coefficient (Wildman–Crippen LogP) is 3.55. The summed E-state index contributed by atoms with van der Waals surface area (Å²) in [5.41, 5.74) is 4.48. The first kappa shape index (κ1) is 25.7. The Morgan fingerprint density at radius 1 is 0.974 bits per heavy atom. The monoisotopic (exact) mass is 529 g/mol. The van der Waals surface area contributed by atoms with Crippen LogP contribution in [0.3, 0.4) is 0 Å². The summed E-state index contributed by atoms with van der Waals surface area (Å²) in [6.07, 6.45) is 8.38. The van der Waals surface area contributed by atoms with Crippen LogP contribution < -0.4 is 10.1 Å². The van der Waals surface area contributed by atoms with Crippen LogP contribution in [0.25, 0.3) is 32.9 Å². The molecule has 2 aliphatic heterocycles. The minimum atomic E-state index is 0.0411.